The van der Waals surface area contributed by atoms with Gasteiger partial charge in [-0.05, 0) is 68.7 Å². The summed E-state index contributed by atoms with van der Waals surface area (Å²) in [5, 5.41) is 10.2. The van der Waals surface area contributed by atoms with Crippen molar-refractivity contribution >= 4 is 23.0 Å². The summed E-state index contributed by atoms with van der Waals surface area (Å²) < 4.78 is 39.2. The Bertz CT molecular complexity index is 733. The first-order valence-corrected chi connectivity index (χ1v) is 8.31. The molecule has 2 aromatic rings. The van der Waals surface area contributed by atoms with Crippen molar-refractivity contribution in [2.24, 2.45) is 0 Å². The van der Waals surface area contributed by atoms with Gasteiger partial charge < -0.3 is 10.6 Å². The molecule has 0 saturated carbocycles. The lowest BCUT2D eigenvalue weighted by molar-refractivity contribution is -0.141. The molecule has 0 aliphatic rings. The summed E-state index contributed by atoms with van der Waals surface area (Å²) in [6.07, 6.45) is -3.81. The molecule has 2 rings (SSSR count). The molecule has 0 fully saturated rings. The molecule has 1 aromatic carbocycles. The van der Waals surface area contributed by atoms with Gasteiger partial charge >= 0.3 is 6.18 Å². The molecule has 8 heteroatoms. The number of rotatable bonds is 5. The number of halogens is 3. The Morgan fingerprint density at radius 3 is 2.32 bits per heavy atom. The van der Waals surface area contributed by atoms with Crippen molar-refractivity contribution in [1.29, 1.82) is 0 Å². The number of thiocarbonyl (C=S) groups is 1. The van der Waals surface area contributed by atoms with Gasteiger partial charge in [0, 0.05) is 24.5 Å². The maximum absolute atomic E-state index is 12.6. The fourth-order valence-corrected chi connectivity index (χ4v) is 2.75. The van der Waals surface area contributed by atoms with E-state index < -0.39 is 11.9 Å². The Morgan fingerprint density at radius 1 is 1.12 bits per heavy atom. The van der Waals surface area contributed by atoms with Gasteiger partial charge in [0.1, 0.15) is 0 Å². The van der Waals surface area contributed by atoms with Crippen molar-refractivity contribution in [2.75, 3.05) is 11.9 Å². The Balaban J connectivity index is 1.79. The van der Waals surface area contributed by atoms with Crippen molar-refractivity contribution in [3.8, 4) is 0 Å². The Kier molecular flexibility index (Phi) is 6.05. The topological polar surface area (TPSA) is 41.9 Å². The number of alkyl halides is 3. The van der Waals surface area contributed by atoms with Crippen LogP contribution in [0.1, 0.15) is 28.9 Å². The third kappa shape index (κ3) is 5.74. The summed E-state index contributed by atoms with van der Waals surface area (Å²) in [4.78, 5) is 0. The second kappa shape index (κ2) is 7.86. The van der Waals surface area contributed by atoms with Crippen LogP contribution in [0, 0.1) is 20.8 Å². The Labute approximate surface area is 150 Å². The van der Waals surface area contributed by atoms with Crippen LogP contribution >= 0.6 is 12.2 Å². The Morgan fingerprint density at radius 2 is 1.76 bits per heavy atom. The lowest BCUT2D eigenvalue weighted by Gasteiger charge is -2.12. The van der Waals surface area contributed by atoms with Crippen LogP contribution in [-0.4, -0.2) is 21.4 Å². The van der Waals surface area contributed by atoms with Crippen molar-refractivity contribution in [1.82, 2.24) is 15.1 Å². The minimum Gasteiger partial charge on any atom is -0.362 e. The number of aryl methyl sites for hydroxylation is 4. The predicted octanol–water partition coefficient (Wildman–Crippen LogP) is 4.20. The molecule has 1 heterocycles. The van der Waals surface area contributed by atoms with Gasteiger partial charge in [0.2, 0.25) is 0 Å². The second-order valence-corrected chi connectivity index (χ2v) is 6.41. The highest BCUT2D eigenvalue weighted by molar-refractivity contribution is 7.80. The predicted molar refractivity (Wildman–Crippen MR) is 96.7 cm³/mol. The molecule has 0 unspecified atom stereocenters. The van der Waals surface area contributed by atoms with Gasteiger partial charge in [-0.1, -0.05) is 6.07 Å². The molecular formula is C17H21F3N4S. The van der Waals surface area contributed by atoms with E-state index in [0.717, 1.165) is 22.9 Å². The molecule has 25 heavy (non-hydrogen) atoms. The molecular weight excluding hydrogens is 349 g/mol. The highest BCUT2D eigenvalue weighted by atomic mass is 32.1. The summed E-state index contributed by atoms with van der Waals surface area (Å²) in [6, 6.07) is 7.11. The van der Waals surface area contributed by atoms with Crippen molar-refractivity contribution < 1.29 is 13.2 Å². The molecule has 0 spiro atoms. The summed E-state index contributed by atoms with van der Waals surface area (Å²) in [7, 11) is 0. The van der Waals surface area contributed by atoms with Crippen LogP contribution in [0.2, 0.25) is 0 Å². The first-order chi connectivity index (χ1) is 11.6. The van der Waals surface area contributed by atoms with E-state index in [9.17, 15) is 13.2 Å². The van der Waals surface area contributed by atoms with E-state index >= 15 is 0 Å². The number of nitrogens with one attached hydrogen (secondary N) is 2. The molecule has 0 saturated heterocycles. The van der Waals surface area contributed by atoms with E-state index in [1.165, 1.54) is 4.68 Å². The molecule has 0 aliphatic heterocycles. The van der Waals surface area contributed by atoms with E-state index in [4.69, 9.17) is 12.2 Å². The average molecular weight is 370 g/mol. The van der Waals surface area contributed by atoms with Crippen LogP contribution in [0.4, 0.5) is 18.9 Å². The zero-order valence-electron chi connectivity index (χ0n) is 14.4. The minimum absolute atomic E-state index is 0.390. The molecule has 0 radical (unpaired) electrons. The first-order valence-electron chi connectivity index (χ1n) is 7.90. The number of hydrogen-bond donors (Lipinski definition) is 2. The fraction of sp³-hybridized carbons (Fsp3) is 0.412. The third-order valence-electron chi connectivity index (χ3n) is 3.58. The van der Waals surface area contributed by atoms with Crippen molar-refractivity contribution in [2.45, 2.75) is 39.9 Å². The molecule has 0 bridgehead atoms. The summed E-state index contributed by atoms with van der Waals surface area (Å²) in [5.74, 6) is 0. The largest absolute Gasteiger partial charge is 0.435 e. The lowest BCUT2D eigenvalue weighted by atomic mass is 10.1. The lowest BCUT2D eigenvalue weighted by Crippen LogP contribution is -2.30. The van der Waals surface area contributed by atoms with Crippen LogP contribution < -0.4 is 10.6 Å². The SMILES string of the molecule is Cc1cc(C)cc(NC(=S)NCCCn2nc(C(F)(F)F)cc2C)c1. The number of anilines is 1. The monoisotopic (exact) mass is 370 g/mol. The molecule has 4 nitrogen and oxygen atoms in total. The van der Waals surface area contributed by atoms with Crippen LogP contribution in [0.3, 0.4) is 0 Å². The average Bonchev–Trinajstić information content (AvgIpc) is 2.84. The molecule has 2 N–H and O–H groups in total. The van der Waals surface area contributed by atoms with Crippen LogP contribution in [0.25, 0.3) is 0 Å². The van der Waals surface area contributed by atoms with Crippen LogP contribution in [-0.2, 0) is 12.7 Å². The van der Waals surface area contributed by atoms with Crippen LogP contribution in [0.5, 0.6) is 0 Å². The maximum Gasteiger partial charge on any atom is 0.435 e. The molecule has 1 aromatic heterocycles. The smallest absolute Gasteiger partial charge is 0.362 e. The van der Waals surface area contributed by atoms with E-state index in [-0.39, 0.29) is 0 Å². The molecule has 136 valence electrons. The van der Waals surface area contributed by atoms with Crippen molar-refractivity contribution in [3.05, 3.63) is 46.8 Å². The standard InChI is InChI=1S/C17H21F3N4S/c1-11-7-12(2)9-14(8-11)22-16(25)21-5-4-6-24-13(3)10-15(23-24)17(18,19)20/h7-10H,4-6H2,1-3H3,(H2,21,22,25). The normalized spacial score (nSPS) is 11.4. The highest BCUT2D eigenvalue weighted by Crippen LogP contribution is 2.28. The maximum atomic E-state index is 12.6. The van der Waals surface area contributed by atoms with Gasteiger partial charge in [0.15, 0.2) is 10.8 Å². The zero-order chi connectivity index (χ0) is 18.6. The number of benzene rings is 1. The van der Waals surface area contributed by atoms with E-state index in [1.54, 1.807) is 6.92 Å². The third-order valence-corrected chi connectivity index (χ3v) is 3.83. The molecule has 0 aliphatic carbocycles. The van der Waals surface area contributed by atoms with Gasteiger partial charge in [0.05, 0.1) is 0 Å². The molecule has 0 amide bonds. The number of hydrogen-bond acceptors (Lipinski definition) is 2. The van der Waals surface area contributed by atoms with Crippen molar-refractivity contribution in [3.63, 3.8) is 0 Å². The summed E-state index contributed by atoms with van der Waals surface area (Å²) >= 11 is 5.24. The van der Waals surface area contributed by atoms with Gasteiger partial charge in [-0.15, -0.1) is 0 Å². The number of aromatic nitrogens is 2. The van der Waals surface area contributed by atoms with E-state index in [0.29, 0.717) is 30.3 Å². The first kappa shape index (κ1) is 19.2. The zero-order valence-corrected chi connectivity index (χ0v) is 15.2. The van der Waals surface area contributed by atoms with E-state index in [1.807, 2.05) is 26.0 Å². The second-order valence-electron chi connectivity index (χ2n) is 6.00. The minimum atomic E-state index is -4.41. The van der Waals surface area contributed by atoms with Gasteiger partial charge in [-0.2, -0.15) is 18.3 Å². The molecule has 0 atom stereocenters. The fourth-order valence-electron chi connectivity index (χ4n) is 2.53. The highest BCUT2D eigenvalue weighted by Gasteiger charge is 2.34. The van der Waals surface area contributed by atoms with Gasteiger partial charge in [-0.25, -0.2) is 0 Å². The van der Waals surface area contributed by atoms with Gasteiger partial charge in [0.25, 0.3) is 0 Å². The van der Waals surface area contributed by atoms with Crippen LogP contribution in [0.15, 0.2) is 24.3 Å². The summed E-state index contributed by atoms with van der Waals surface area (Å²) in [5.41, 5.74) is 2.82. The Hall–Kier alpha value is -2.09. The summed E-state index contributed by atoms with van der Waals surface area (Å²) in [6.45, 7) is 6.56. The quantitative estimate of drug-likeness (QED) is 0.611. The number of nitrogens with zero attached hydrogens (tertiary/aromatic N) is 2. The van der Waals surface area contributed by atoms with Gasteiger partial charge in [-0.3, -0.25) is 4.68 Å². The van der Waals surface area contributed by atoms with E-state index in [2.05, 4.69) is 21.8 Å².